The summed E-state index contributed by atoms with van der Waals surface area (Å²) in [7, 11) is 0. The first-order chi connectivity index (χ1) is 23.4. The van der Waals surface area contributed by atoms with E-state index in [-0.39, 0.29) is 25.4 Å². The molecule has 0 aromatic carbocycles. The number of aliphatic hydroxyl groups excluding tert-OH is 1. The number of hydrogen-bond acceptors (Lipinski definition) is 15. The Labute approximate surface area is 298 Å². The molecule has 2 aliphatic carbocycles. The number of rotatable bonds is 8. The normalized spacial score (nSPS) is 36.9. The van der Waals surface area contributed by atoms with E-state index in [2.05, 4.69) is 0 Å². The van der Waals surface area contributed by atoms with Crippen LogP contribution in [-0.2, 0) is 66.7 Å². The van der Waals surface area contributed by atoms with Crippen LogP contribution in [0.4, 0.5) is 0 Å². The predicted molar refractivity (Wildman–Crippen MR) is 175 cm³/mol. The first kappa shape index (κ1) is 41.6. The molecule has 1 N–H and O–H groups in total. The molecule has 286 valence electrons. The maximum atomic E-state index is 14.9. The summed E-state index contributed by atoms with van der Waals surface area (Å²) in [6.45, 7) is 15.2. The van der Waals surface area contributed by atoms with Crippen molar-refractivity contribution in [2.24, 2.45) is 23.2 Å². The topological polar surface area (TPSA) is 204 Å². The van der Waals surface area contributed by atoms with E-state index in [1.54, 1.807) is 19.9 Å². The van der Waals surface area contributed by atoms with Gasteiger partial charge in [0.2, 0.25) is 0 Å². The molecule has 3 aliphatic rings. The fraction of sp³-hybridized carbons (Fsp3) is 0.750. The second-order valence-corrected chi connectivity index (χ2v) is 15.1. The van der Waals surface area contributed by atoms with Crippen molar-refractivity contribution in [3.8, 4) is 0 Å². The maximum absolute atomic E-state index is 14.9. The quantitative estimate of drug-likeness (QED) is 0.217. The fourth-order valence-electron chi connectivity index (χ4n) is 7.80. The predicted octanol–water partition coefficient (Wildman–Crippen LogP) is 2.70. The second kappa shape index (κ2) is 15.4. The molecule has 10 atom stereocenters. The number of carbonyl (C=O) groups excluding carboxylic acids is 7. The van der Waals surface area contributed by atoms with Crippen LogP contribution in [0, 0.1) is 23.2 Å². The Balaban J connectivity index is 2.64. The van der Waals surface area contributed by atoms with Gasteiger partial charge in [0, 0.05) is 71.8 Å². The van der Waals surface area contributed by atoms with Gasteiger partial charge in [-0.3, -0.25) is 33.6 Å². The Kier molecular flexibility index (Phi) is 12.6. The molecule has 0 radical (unpaired) electrons. The van der Waals surface area contributed by atoms with Crippen LogP contribution in [0.15, 0.2) is 12.2 Å². The van der Waals surface area contributed by atoms with Gasteiger partial charge in [-0.25, -0.2) is 0 Å². The lowest BCUT2D eigenvalue weighted by atomic mass is 9.66. The summed E-state index contributed by atoms with van der Waals surface area (Å²) < 4.78 is 42.1. The number of hydrogen-bond donors (Lipinski definition) is 1. The van der Waals surface area contributed by atoms with Gasteiger partial charge in [-0.15, -0.1) is 0 Å². The molecule has 2 fully saturated rings. The highest BCUT2D eigenvalue weighted by molar-refractivity contribution is 5.94. The molecule has 0 spiro atoms. The van der Waals surface area contributed by atoms with Crippen molar-refractivity contribution in [3.63, 3.8) is 0 Å². The first-order valence-electron chi connectivity index (χ1n) is 17.1. The zero-order valence-corrected chi connectivity index (χ0v) is 31.3. The molecule has 1 aliphatic heterocycles. The smallest absolute Gasteiger partial charge is 0.306 e. The minimum absolute atomic E-state index is 0.0569. The van der Waals surface area contributed by atoms with Crippen LogP contribution in [0.5, 0.6) is 0 Å². The molecular weight excluding hydrogens is 672 g/mol. The summed E-state index contributed by atoms with van der Waals surface area (Å²) in [4.78, 5) is 92.5. The van der Waals surface area contributed by atoms with Crippen molar-refractivity contribution in [1.82, 2.24) is 0 Å². The van der Waals surface area contributed by atoms with Gasteiger partial charge in [0.25, 0.3) is 0 Å². The average molecular weight is 725 g/mol. The molecule has 0 aromatic heterocycles. The minimum Gasteiger partial charge on any atom is -0.458 e. The molecule has 0 unspecified atom stereocenters. The monoisotopic (exact) mass is 724 g/mol. The van der Waals surface area contributed by atoms with Crippen molar-refractivity contribution >= 4 is 41.6 Å². The van der Waals surface area contributed by atoms with Crippen LogP contribution in [0.25, 0.3) is 0 Å². The minimum atomic E-state index is -2.36. The fourth-order valence-corrected chi connectivity index (χ4v) is 7.80. The summed E-state index contributed by atoms with van der Waals surface area (Å²) in [6, 6.07) is 0. The van der Waals surface area contributed by atoms with Crippen molar-refractivity contribution in [2.75, 3.05) is 6.61 Å². The van der Waals surface area contributed by atoms with Gasteiger partial charge >= 0.3 is 35.8 Å². The van der Waals surface area contributed by atoms with Crippen molar-refractivity contribution < 1.29 is 71.8 Å². The second-order valence-electron chi connectivity index (χ2n) is 15.1. The number of Topliss-reactive ketones (excluding diaryl/α,β-unsaturated/α-hetero) is 1. The van der Waals surface area contributed by atoms with Gasteiger partial charge < -0.3 is 38.3 Å². The van der Waals surface area contributed by atoms with E-state index < -0.39 is 113 Å². The Bertz CT molecular complexity index is 1430. The molecular formula is C36H52O15. The molecule has 1 heterocycles. The highest BCUT2D eigenvalue weighted by Crippen LogP contribution is 2.56. The Hall–Kier alpha value is -3.85. The summed E-state index contributed by atoms with van der Waals surface area (Å²) in [5.74, 6) is -8.93. The van der Waals surface area contributed by atoms with E-state index in [9.17, 15) is 38.7 Å². The number of allylic oxidation sites excluding steroid dienone is 1. The van der Waals surface area contributed by atoms with Crippen LogP contribution in [-0.4, -0.2) is 101 Å². The summed E-state index contributed by atoms with van der Waals surface area (Å²) in [5, 5.41) is 12.3. The van der Waals surface area contributed by atoms with Crippen LogP contribution in [0.2, 0.25) is 0 Å². The van der Waals surface area contributed by atoms with Gasteiger partial charge in [-0.2, -0.15) is 0 Å². The zero-order chi connectivity index (χ0) is 38.9. The largest absolute Gasteiger partial charge is 0.458 e. The SMILES string of the molecule is CC(=O)O[C@H]1[C@@H](OC(C)=O)C(C)(C)/C=C/[C@H](C)C(=O)[C@@]2(OC(C)=O)C[C@@](C)(OC(C)=O)[C@H](O)[C@@H]2[C@H]2OC(=O)CC[C@@]2(OC(C)=O)[C@@H]1OCC(C)C. The molecule has 15 heteroatoms. The third-order valence-corrected chi connectivity index (χ3v) is 9.60. The lowest BCUT2D eigenvalue weighted by molar-refractivity contribution is -0.276. The zero-order valence-electron chi connectivity index (χ0n) is 31.3. The lowest BCUT2D eigenvalue weighted by Gasteiger charge is -2.53. The Morgan fingerprint density at radius 1 is 0.863 bits per heavy atom. The summed E-state index contributed by atoms with van der Waals surface area (Å²) in [6.07, 6.45) is -6.58. The van der Waals surface area contributed by atoms with Gasteiger partial charge in [0.15, 0.2) is 29.2 Å². The molecule has 51 heavy (non-hydrogen) atoms. The highest BCUT2D eigenvalue weighted by atomic mass is 16.6. The lowest BCUT2D eigenvalue weighted by Crippen LogP contribution is -2.71. The number of esters is 6. The Morgan fingerprint density at radius 2 is 1.43 bits per heavy atom. The van der Waals surface area contributed by atoms with Crippen LogP contribution >= 0.6 is 0 Å². The molecule has 0 aromatic rings. The van der Waals surface area contributed by atoms with E-state index in [1.165, 1.54) is 19.9 Å². The van der Waals surface area contributed by atoms with Gasteiger partial charge in [0.05, 0.1) is 5.92 Å². The molecule has 15 nitrogen and oxygen atoms in total. The number of ether oxygens (including phenoxy) is 7. The van der Waals surface area contributed by atoms with E-state index >= 15 is 0 Å². The average Bonchev–Trinajstić information content (AvgIpc) is 3.18. The summed E-state index contributed by atoms with van der Waals surface area (Å²) in [5.41, 5.74) is -7.73. The first-order valence-corrected chi connectivity index (χ1v) is 17.1. The third-order valence-electron chi connectivity index (χ3n) is 9.60. The van der Waals surface area contributed by atoms with Crippen molar-refractivity contribution in [3.05, 3.63) is 12.2 Å². The third kappa shape index (κ3) is 8.62. The van der Waals surface area contributed by atoms with E-state index in [1.807, 2.05) is 13.8 Å². The van der Waals surface area contributed by atoms with Crippen LogP contribution < -0.4 is 0 Å². The van der Waals surface area contributed by atoms with Gasteiger partial charge in [-0.05, 0) is 12.8 Å². The molecule has 0 amide bonds. The Morgan fingerprint density at radius 3 is 1.94 bits per heavy atom. The number of fused-ring (bicyclic) bond motifs is 3. The van der Waals surface area contributed by atoms with Crippen LogP contribution in [0.1, 0.15) is 95.4 Å². The number of aliphatic hydroxyl groups is 1. The molecule has 0 bridgehead atoms. The van der Waals surface area contributed by atoms with Gasteiger partial charge in [-0.1, -0.05) is 46.8 Å². The molecule has 3 rings (SSSR count). The van der Waals surface area contributed by atoms with E-state index in [4.69, 9.17) is 33.2 Å². The van der Waals surface area contributed by atoms with Crippen molar-refractivity contribution in [2.45, 2.75) is 143 Å². The van der Waals surface area contributed by atoms with Gasteiger partial charge in [0.1, 0.15) is 23.9 Å². The van der Waals surface area contributed by atoms with Crippen molar-refractivity contribution in [1.29, 1.82) is 0 Å². The highest BCUT2D eigenvalue weighted by Gasteiger charge is 2.75. The molecule has 1 saturated heterocycles. The maximum Gasteiger partial charge on any atom is 0.306 e. The standard InChI is InChI=1S/C36H52O15/c1-18(2)16-45-32-27(46-20(4)37)31(47-21(5)38)33(9,10)14-12-19(3)28(43)36(51-24(8)41)17-34(11,49-22(6)39)29(44)26(36)30-35(32,50-23(7)40)15-13-25(42)48-30/h12,14,18-19,26-27,29-32,44H,13,15-17H2,1-11H3/b14-12+/t19-,26+,27-,29+,30+,31+,32+,34+,35-,36+/m0/s1. The van der Waals surface area contributed by atoms with E-state index in [0.717, 1.165) is 34.6 Å². The number of carbonyl (C=O) groups is 7. The molecule has 1 saturated carbocycles. The van der Waals surface area contributed by atoms with E-state index in [0.29, 0.717) is 0 Å². The number of ketones is 1. The van der Waals surface area contributed by atoms with Crippen LogP contribution in [0.3, 0.4) is 0 Å². The summed E-state index contributed by atoms with van der Waals surface area (Å²) >= 11 is 0.